The van der Waals surface area contributed by atoms with Crippen molar-refractivity contribution in [1.82, 2.24) is 5.32 Å². The molecule has 3 nitrogen and oxygen atoms in total. The predicted octanol–water partition coefficient (Wildman–Crippen LogP) is 0.0527. The molecule has 0 spiro atoms. The van der Waals surface area contributed by atoms with Gasteiger partial charge in [-0.05, 0) is 5.56 Å². The zero-order valence-corrected chi connectivity index (χ0v) is 7.22. The SMILES string of the molecule is O[C@@H]1[C@H](O)CN[C@H]1c1ccccc1. The Morgan fingerprint density at radius 2 is 1.85 bits per heavy atom. The minimum absolute atomic E-state index is 0.129. The minimum atomic E-state index is -0.692. The van der Waals surface area contributed by atoms with E-state index >= 15 is 0 Å². The van der Waals surface area contributed by atoms with Gasteiger partial charge in [-0.15, -0.1) is 0 Å². The molecule has 70 valence electrons. The van der Waals surface area contributed by atoms with Crippen LogP contribution >= 0.6 is 0 Å². The normalized spacial score (nSPS) is 33.5. The molecule has 0 saturated carbocycles. The average Bonchev–Trinajstić information content (AvgIpc) is 2.49. The van der Waals surface area contributed by atoms with Gasteiger partial charge >= 0.3 is 0 Å². The molecule has 13 heavy (non-hydrogen) atoms. The van der Waals surface area contributed by atoms with Gasteiger partial charge in [-0.2, -0.15) is 0 Å². The summed E-state index contributed by atoms with van der Waals surface area (Å²) in [6.07, 6.45) is -1.34. The van der Waals surface area contributed by atoms with Gasteiger partial charge in [-0.3, -0.25) is 0 Å². The average molecular weight is 179 g/mol. The second kappa shape index (κ2) is 3.46. The van der Waals surface area contributed by atoms with Crippen LogP contribution < -0.4 is 5.32 Å². The lowest BCUT2D eigenvalue weighted by molar-refractivity contribution is 0.0405. The molecule has 1 aliphatic heterocycles. The fraction of sp³-hybridized carbons (Fsp3) is 0.400. The van der Waals surface area contributed by atoms with E-state index in [2.05, 4.69) is 5.32 Å². The van der Waals surface area contributed by atoms with Crippen molar-refractivity contribution in [2.75, 3.05) is 6.54 Å². The monoisotopic (exact) mass is 179 g/mol. The summed E-state index contributed by atoms with van der Waals surface area (Å²) in [4.78, 5) is 0. The second-order valence-electron chi connectivity index (χ2n) is 3.35. The maximum Gasteiger partial charge on any atom is 0.101 e. The van der Waals surface area contributed by atoms with Gasteiger partial charge in [0.05, 0.1) is 12.1 Å². The number of hydrogen-bond donors (Lipinski definition) is 3. The number of aliphatic hydroxyl groups is 2. The molecule has 3 N–H and O–H groups in total. The smallest absolute Gasteiger partial charge is 0.101 e. The maximum atomic E-state index is 9.60. The molecule has 0 bridgehead atoms. The molecule has 1 saturated heterocycles. The third-order valence-electron chi connectivity index (χ3n) is 2.44. The van der Waals surface area contributed by atoms with Gasteiger partial charge in [0, 0.05) is 6.54 Å². The highest BCUT2D eigenvalue weighted by Crippen LogP contribution is 2.23. The van der Waals surface area contributed by atoms with E-state index in [4.69, 9.17) is 0 Å². The maximum absolute atomic E-state index is 9.60. The molecule has 2 rings (SSSR count). The molecule has 3 atom stereocenters. The molecule has 1 aromatic rings. The van der Waals surface area contributed by atoms with Gasteiger partial charge in [0.1, 0.15) is 6.10 Å². The summed E-state index contributed by atoms with van der Waals surface area (Å²) in [5.41, 5.74) is 1.02. The van der Waals surface area contributed by atoms with Crippen LogP contribution in [-0.4, -0.2) is 29.0 Å². The van der Waals surface area contributed by atoms with Crippen LogP contribution in [0.15, 0.2) is 30.3 Å². The summed E-state index contributed by atoms with van der Waals surface area (Å²) in [6.45, 7) is 0.459. The van der Waals surface area contributed by atoms with Crippen molar-refractivity contribution in [2.24, 2.45) is 0 Å². The molecule has 1 fully saturated rings. The third kappa shape index (κ3) is 1.58. The molecule has 3 heteroatoms. The first kappa shape index (κ1) is 8.69. The number of rotatable bonds is 1. The highest BCUT2D eigenvalue weighted by atomic mass is 16.3. The Labute approximate surface area is 77.0 Å². The van der Waals surface area contributed by atoms with Crippen molar-refractivity contribution < 1.29 is 10.2 Å². The highest BCUT2D eigenvalue weighted by molar-refractivity contribution is 5.21. The van der Waals surface area contributed by atoms with Gasteiger partial charge in [-0.1, -0.05) is 30.3 Å². The first-order valence-electron chi connectivity index (χ1n) is 4.43. The Hall–Kier alpha value is -0.900. The Morgan fingerprint density at radius 1 is 1.15 bits per heavy atom. The fourth-order valence-electron chi connectivity index (χ4n) is 1.69. The first-order valence-corrected chi connectivity index (χ1v) is 4.43. The lowest BCUT2D eigenvalue weighted by Crippen LogP contribution is -2.25. The molecule has 1 heterocycles. The highest BCUT2D eigenvalue weighted by Gasteiger charge is 2.33. The molecule has 0 aliphatic carbocycles. The standard InChI is InChI=1S/C10H13NO2/c12-8-6-11-9(10(8)13)7-4-2-1-3-5-7/h1-5,8-13H,6H2/t8-,9+,10-/m1/s1. The minimum Gasteiger partial charge on any atom is -0.389 e. The number of benzene rings is 1. The topological polar surface area (TPSA) is 52.5 Å². The van der Waals surface area contributed by atoms with Crippen LogP contribution in [0.25, 0.3) is 0 Å². The molecular weight excluding hydrogens is 166 g/mol. The van der Waals surface area contributed by atoms with E-state index in [0.717, 1.165) is 5.56 Å². The quantitative estimate of drug-likeness (QED) is 0.571. The van der Waals surface area contributed by atoms with Crippen molar-refractivity contribution in [3.8, 4) is 0 Å². The summed E-state index contributed by atoms with van der Waals surface area (Å²) in [6, 6.07) is 9.54. The number of hydrogen-bond acceptors (Lipinski definition) is 3. The van der Waals surface area contributed by atoms with Gasteiger partial charge in [0.15, 0.2) is 0 Å². The van der Waals surface area contributed by atoms with Crippen LogP contribution in [0, 0.1) is 0 Å². The van der Waals surface area contributed by atoms with Crippen molar-refractivity contribution >= 4 is 0 Å². The molecule has 0 amide bonds. The zero-order valence-electron chi connectivity index (χ0n) is 7.22. The van der Waals surface area contributed by atoms with Crippen LogP contribution in [0.5, 0.6) is 0 Å². The molecule has 0 unspecified atom stereocenters. The summed E-state index contributed by atoms with van der Waals surface area (Å²) in [7, 11) is 0. The van der Waals surface area contributed by atoms with Gasteiger partial charge in [0.2, 0.25) is 0 Å². The van der Waals surface area contributed by atoms with E-state index in [0.29, 0.717) is 6.54 Å². The van der Waals surface area contributed by atoms with E-state index in [9.17, 15) is 10.2 Å². The molecule has 0 aromatic heterocycles. The second-order valence-corrected chi connectivity index (χ2v) is 3.35. The third-order valence-corrected chi connectivity index (χ3v) is 2.44. The molecule has 0 radical (unpaired) electrons. The Kier molecular flexibility index (Phi) is 2.31. The largest absolute Gasteiger partial charge is 0.389 e. The lowest BCUT2D eigenvalue weighted by atomic mass is 10.0. The summed E-state index contributed by atoms with van der Waals surface area (Å²) >= 11 is 0. The Bertz CT molecular complexity index is 276. The van der Waals surface area contributed by atoms with E-state index in [1.165, 1.54) is 0 Å². The number of aliphatic hydroxyl groups excluding tert-OH is 2. The lowest BCUT2D eigenvalue weighted by Gasteiger charge is -2.15. The van der Waals surface area contributed by atoms with Crippen LogP contribution in [0.2, 0.25) is 0 Å². The van der Waals surface area contributed by atoms with E-state index in [-0.39, 0.29) is 6.04 Å². The van der Waals surface area contributed by atoms with Gasteiger partial charge in [0.25, 0.3) is 0 Å². The van der Waals surface area contributed by atoms with Gasteiger partial charge in [-0.25, -0.2) is 0 Å². The Balaban J connectivity index is 2.19. The fourth-order valence-corrected chi connectivity index (χ4v) is 1.69. The molecular formula is C10H13NO2. The van der Waals surface area contributed by atoms with E-state index in [1.54, 1.807) is 0 Å². The van der Waals surface area contributed by atoms with Crippen molar-refractivity contribution in [3.63, 3.8) is 0 Å². The summed E-state index contributed by atoms with van der Waals surface area (Å²) in [5, 5.41) is 22.0. The van der Waals surface area contributed by atoms with Gasteiger partial charge < -0.3 is 15.5 Å². The zero-order chi connectivity index (χ0) is 9.26. The molecule has 1 aliphatic rings. The summed E-state index contributed by atoms with van der Waals surface area (Å²) < 4.78 is 0. The van der Waals surface area contributed by atoms with Crippen LogP contribution in [0.4, 0.5) is 0 Å². The van der Waals surface area contributed by atoms with Crippen molar-refractivity contribution in [3.05, 3.63) is 35.9 Å². The first-order chi connectivity index (χ1) is 6.29. The number of nitrogens with one attached hydrogen (secondary N) is 1. The Morgan fingerprint density at radius 3 is 2.38 bits per heavy atom. The van der Waals surface area contributed by atoms with Crippen molar-refractivity contribution in [1.29, 1.82) is 0 Å². The summed E-state index contributed by atoms with van der Waals surface area (Å²) in [5.74, 6) is 0. The van der Waals surface area contributed by atoms with Crippen LogP contribution in [0.3, 0.4) is 0 Å². The van der Waals surface area contributed by atoms with E-state index in [1.807, 2.05) is 30.3 Å². The molecule has 1 aromatic carbocycles. The van der Waals surface area contributed by atoms with Crippen LogP contribution in [-0.2, 0) is 0 Å². The van der Waals surface area contributed by atoms with E-state index < -0.39 is 12.2 Å². The number of β-amino-alcohol motifs (C(OH)–C–C–N with tert-alkyl or cyclic N) is 1. The predicted molar refractivity (Wildman–Crippen MR) is 49.2 cm³/mol. The van der Waals surface area contributed by atoms with Crippen molar-refractivity contribution in [2.45, 2.75) is 18.2 Å². The van der Waals surface area contributed by atoms with Crippen LogP contribution in [0.1, 0.15) is 11.6 Å².